The van der Waals surface area contributed by atoms with Crippen molar-refractivity contribution in [2.75, 3.05) is 24.7 Å². The van der Waals surface area contributed by atoms with Crippen molar-refractivity contribution >= 4 is 68.4 Å². The number of carboxylic acid groups (broad SMARTS) is 1. The third-order valence-electron chi connectivity index (χ3n) is 12.4. The second-order valence-electron chi connectivity index (χ2n) is 15.5. The molecule has 3 fully saturated rings. The van der Waals surface area contributed by atoms with E-state index in [1.807, 2.05) is 50.3 Å². The molecule has 4 amide bonds. The van der Waals surface area contributed by atoms with E-state index in [0.29, 0.717) is 48.0 Å². The number of benzene rings is 2. The molecule has 2 aromatic carbocycles. The van der Waals surface area contributed by atoms with Crippen LogP contribution in [0.3, 0.4) is 0 Å². The van der Waals surface area contributed by atoms with E-state index in [9.17, 15) is 24.3 Å². The molecule has 6 atom stereocenters. The van der Waals surface area contributed by atoms with Gasteiger partial charge in [-0.25, -0.2) is 4.90 Å². The van der Waals surface area contributed by atoms with Crippen LogP contribution in [0.4, 0.5) is 5.82 Å². The smallest absolute Gasteiger partial charge is 0.303 e. The summed E-state index contributed by atoms with van der Waals surface area (Å²) < 4.78 is 8.26. The lowest BCUT2D eigenvalue weighted by Gasteiger charge is -2.49. The first-order valence-electron chi connectivity index (χ1n) is 19.1. The molecule has 0 bridgehead atoms. The summed E-state index contributed by atoms with van der Waals surface area (Å²) in [5, 5.41) is 24.8. The lowest BCUT2D eigenvalue weighted by Crippen LogP contribution is -2.48. The van der Waals surface area contributed by atoms with Crippen LogP contribution in [0.2, 0.25) is 5.02 Å². The first-order chi connectivity index (χ1) is 26.8. The molecule has 12 nitrogen and oxygen atoms in total. The van der Waals surface area contributed by atoms with Crippen molar-refractivity contribution in [3.05, 3.63) is 76.3 Å². The van der Waals surface area contributed by atoms with Crippen LogP contribution in [-0.2, 0) is 31.0 Å². The number of carbonyl (C=O) groups excluding carboxylic acids is 4. The maximum atomic E-state index is 15.1. The van der Waals surface area contributed by atoms with E-state index >= 15 is 4.79 Å². The van der Waals surface area contributed by atoms with Crippen molar-refractivity contribution in [3.63, 3.8) is 0 Å². The van der Waals surface area contributed by atoms with Crippen LogP contribution in [0, 0.1) is 36.0 Å². The number of likely N-dealkylation sites (tertiary alicyclic amines) is 1. The molecule has 2 aliphatic carbocycles. The van der Waals surface area contributed by atoms with Crippen LogP contribution in [0.25, 0.3) is 20.7 Å². The summed E-state index contributed by atoms with van der Waals surface area (Å²) >= 11 is 7.88. The number of nitrogens with zero attached hydrogens (tertiary/aromatic N) is 4. The number of carboxylic acids is 1. The average Bonchev–Trinajstić information content (AvgIpc) is 3.84. The van der Waals surface area contributed by atoms with Gasteiger partial charge in [-0.1, -0.05) is 41.8 Å². The van der Waals surface area contributed by atoms with Crippen LogP contribution in [0.15, 0.2) is 60.2 Å². The number of rotatable bonds is 12. The van der Waals surface area contributed by atoms with E-state index in [1.165, 1.54) is 9.80 Å². The molecule has 2 aromatic heterocycles. The Morgan fingerprint density at radius 1 is 1.02 bits per heavy atom. The number of halogens is 1. The Morgan fingerprint density at radius 3 is 2.52 bits per heavy atom. The van der Waals surface area contributed by atoms with E-state index in [2.05, 4.69) is 0 Å². The molecule has 8 rings (SSSR count). The van der Waals surface area contributed by atoms with Crippen LogP contribution >= 0.6 is 22.9 Å². The van der Waals surface area contributed by atoms with Crippen molar-refractivity contribution in [1.29, 1.82) is 0 Å². The topological polar surface area (TPSA) is 159 Å². The Balaban J connectivity index is 1.16. The van der Waals surface area contributed by atoms with Crippen LogP contribution in [0.1, 0.15) is 62.5 Å². The van der Waals surface area contributed by atoms with Crippen molar-refractivity contribution in [1.82, 2.24) is 14.7 Å². The van der Waals surface area contributed by atoms with Crippen molar-refractivity contribution < 1.29 is 38.9 Å². The van der Waals surface area contributed by atoms with Gasteiger partial charge in [-0.3, -0.25) is 33.6 Å². The summed E-state index contributed by atoms with van der Waals surface area (Å²) in [5.74, 6) is -4.31. The fourth-order valence-electron chi connectivity index (χ4n) is 9.76. The molecule has 292 valence electrons. The Kier molecular flexibility index (Phi) is 9.91. The Bertz CT molecular complexity index is 2320. The first kappa shape index (κ1) is 38.0. The highest BCUT2D eigenvalue weighted by Gasteiger charge is 2.68. The van der Waals surface area contributed by atoms with Gasteiger partial charge in [0.25, 0.3) is 0 Å². The normalized spacial score (nSPS) is 25.8. The maximum absolute atomic E-state index is 15.1. The second-order valence-corrected chi connectivity index (χ2v) is 17.0. The van der Waals surface area contributed by atoms with Crippen molar-refractivity contribution in [2.45, 2.75) is 58.3 Å². The molecule has 2 N–H and O–H groups in total. The SMILES string of the molecule is Cc1c(-c2cc(N3C(=O)[C@@H]4C[C@@H]5C(=CC[C@@H]6C(=O)N(CCCCCC(=O)O)C(=O)[C@@H]65)[C@H](c5ccc(OCCO)cc5)[C@]4(C)C3=O)n(C)n2)sc2ccc(Cl)cc12. The standard InChI is InChI=1S/C42H43ClN4O8S/c1-22-28-19-24(43)10-15-32(28)56-37(22)31-21-33(45(3)44-31)47-39(52)30-20-29-26(36(42(30,2)41(47)54)23-8-11-25(12-9-23)55-18-17-48)13-14-27-35(29)40(53)46(38(27)51)16-6-4-5-7-34(49)50/h8-13,15,19,21,27,29-30,35-36,48H,4-7,14,16-18,20H2,1-3H3,(H,49,50)/t27-,29+,30-,35-,36-,42+/m0/s1. The minimum Gasteiger partial charge on any atom is -0.491 e. The number of aromatic nitrogens is 2. The molecule has 0 unspecified atom stereocenters. The molecule has 4 heterocycles. The summed E-state index contributed by atoms with van der Waals surface area (Å²) in [6, 6.07) is 14.8. The number of aliphatic hydroxyl groups excluding tert-OH is 1. The number of ether oxygens (including phenoxy) is 1. The zero-order valence-corrected chi connectivity index (χ0v) is 32.9. The number of anilines is 1. The van der Waals surface area contributed by atoms with Crippen LogP contribution < -0.4 is 9.64 Å². The fourth-order valence-corrected chi connectivity index (χ4v) is 11.1. The van der Waals surface area contributed by atoms with Crippen molar-refractivity contribution in [2.24, 2.45) is 36.1 Å². The predicted molar refractivity (Wildman–Crippen MR) is 210 cm³/mol. The molecule has 1 saturated carbocycles. The number of carbonyl (C=O) groups is 5. The average molecular weight is 799 g/mol. The number of thiophene rings is 1. The molecule has 2 saturated heterocycles. The zero-order chi connectivity index (χ0) is 39.6. The van der Waals surface area contributed by atoms with Gasteiger partial charge >= 0.3 is 5.97 Å². The second kappa shape index (κ2) is 14.6. The van der Waals surface area contributed by atoms with E-state index in [4.69, 9.17) is 26.5 Å². The third-order valence-corrected chi connectivity index (χ3v) is 14.0. The number of aliphatic carboxylic acids is 1. The lowest BCUT2D eigenvalue weighted by atomic mass is 9.51. The lowest BCUT2D eigenvalue weighted by molar-refractivity contribution is -0.141. The molecule has 56 heavy (non-hydrogen) atoms. The Labute approximate surface area is 332 Å². The van der Waals surface area contributed by atoms with Gasteiger partial charge in [0.15, 0.2) is 0 Å². The van der Waals surface area contributed by atoms with Gasteiger partial charge in [0.2, 0.25) is 23.6 Å². The Hall–Kier alpha value is -4.85. The third kappa shape index (κ3) is 6.06. The summed E-state index contributed by atoms with van der Waals surface area (Å²) in [6.07, 6.45) is 4.16. The van der Waals surface area contributed by atoms with Gasteiger partial charge in [0.1, 0.15) is 23.9 Å². The molecule has 4 aromatic rings. The van der Waals surface area contributed by atoms with Gasteiger partial charge < -0.3 is 14.9 Å². The molecular weight excluding hydrogens is 756 g/mol. The van der Waals surface area contributed by atoms with Gasteiger partial charge in [-0.15, -0.1) is 11.3 Å². The number of hydrogen-bond acceptors (Lipinski definition) is 9. The number of aryl methyl sites for hydroxylation is 2. The number of unbranched alkanes of at least 4 members (excludes halogenated alkanes) is 2. The number of imide groups is 2. The summed E-state index contributed by atoms with van der Waals surface area (Å²) in [5.41, 5.74) is 2.06. The van der Waals surface area contributed by atoms with Gasteiger partial charge in [0, 0.05) is 41.7 Å². The predicted octanol–water partition coefficient (Wildman–Crippen LogP) is 6.51. The molecule has 14 heteroatoms. The summed E-state index contributed by atoms with van der Waals surface area (Å²) in [6.45, 7) is 4.04. The van der Waals surface area contributed by atoms with Crippen LogP contribution in [-0.4, -0.2) is 74.2 Å². The molecule has 4 aliphatic rings. The molecule has 0 radical (unpaired) electrons. The molecular formula is C42H43ClN4O8S. The van der Waals surface area contributed by atoms with Gasteiger partial charge in [0.05, 0.1) is 34.7 Å². The first-order valence-corrected chi connectivity index (χ1v) is 20.3. The van der Waals surface area contributed by atoms with Crippen molar-refractivity contribution in [3.8, 4) is 16.3 Å². The number of fused-ring (bicyclic) bond motifs is 5. The number of aliphatic hydroxyl groups is 1. The quantitative estimate of drug-likeness (QED) is 0.0926. The number of hydrogen-bond donors (Lipinski definition) is 2. The van der Waals surface area contributed by atoms with Gasteiger partial charge in [-0.05, 0) is 92.3 Å². The minimum atomic E-state index is -1.23. The van der Waals surface area contributed by atoms with E-state index in [-0.39, 0.29) is 56.2 Å². The molecule has 0 spiro atoms. The summed E-state index contributed by atoms with van der Waals surface area (Å²) in [4.78, 5) is 72.5. The van der Waals surface area contributed by atoms with E-state index in [0.717, 1.165) is 31.7 Å². The number of allylic oxidation sites excluding steroid dienone is 2. The highest BCUT2D eigenvalue weighted by molar-refractivity contribution is 7.22. The number of amides is 4. The highest BCUT2D eigenvalue weighted by atomic mass is 35.5. The highest BCUT2D eigenvalue weighted by Crippen LogP contribution is 2.63. The zero-order valence-electron chi connectivity index (χ0n) is 31.4. The largest absolute Gasteiger partial charge is 0.491 e. The van der Waals surface area contributed by atoms with E-state index in [1.54, 1.807) is 41.3 Å². The maximum Gasteiger partial charge on any atom is 0.303 e. The monoisotopic (exact) mass is 798 g/mol. The molecule has 2 aliphatic heterocycles. The fraction of sp³-hybridized carbons (Fsp3) is 0.429. The summed E-state index contributed by atoms with van der Waals surface area (Å²) in [7, 11) is 1.72. The minimum absolute atomic E-state index is 0.0303. The Morgan fingerprint density at radius 2 is 1.79 bits per heavy atom. The van der Waals surface area contributed by atoms with E-state index < -0.39 is 41.0 Å². The van der Waals surface area contributed by atoms with Gasteiger partial charge in [-0.2, -0.15) is 5.10 Å². The van der Waals surface area contributed by atoms with Crippen LogP contribution in [0.5, 0.6) is 5.75 Å².